The zero-order chi connectivity index (χ0) is 50.4. The SMILES string of the molecule is Cc1ncsc1-c1ccc(CNC(=O)[C@H]2C[C@@H](O)CN2C(=O)[C@@H](NC(=O)CN2CCN(C3CCN(c4ccc(Nc5ncc(Cl)c(Nc6ccccc6N(C)[SH]=O)n5)cc4F)CC3)CC2)C(C)(C)C)cc1. The fourth-order valence-electron chi connectivity index (χ4n) is 9.47. The molecule has 0 radical (unpaired) electrons. The molecule has 8 rings (SSSR count). The number of amides is 3. The molecule has 0 spiro atoms. The Morgan fingerprint density at radius 1 is 0.986 bits per heavy atom. The lowest BCUT2D eigenvalue weighted by molar-refractivity contribution is -0.144. The van der Waals surface area contributed by atoms with Crippen molar-refractivity contribution in [3.8, 4) is 10.4 Å². The van der Waals surface area contributed by atoms with Gasteiger partial charge in [0.05, 0.1) is 52.0 Å². The predicted octanol–water partition coefficient (Wildman–Crippen LogP) is 5.88. The maximum Gasteiger partial charge on any atom is 0.246 e. The summed E-state index contributed by atoms with van der Waals surface area (Å²) in [7, 11) is 1.69. The monoisotopic (exact) mass is 1030 g/mol. The second-order valence-corrected chi connectivity index (χ2v) is 21.4. The third kappa shape index (κ3) is 12.6. The van der Waals surface area contributed by atoms with Crippen LogP contribution in [0.4, 0.5) is 38.9 Å². The fourth-order valence-corrected chi connectivity index (χ4v) is 10.7. The van der Waals surface area contributed by atoms with Gasteiger partial charge in [0.2, 0.25) is 23.7 Å². The van der Waals surface area contributed by atoms with Gasteiger partial charge in [-0.25, -0.2) is 18.6 Å². The number of aromatic nitrogens is 3. The lowest BCUT2D eigenvalue weighted by Gasteiger charge is -2.43. The standard InChI is InChI=1S/C50H62ClFN12O5S2/c1-31-44(70-30-55-31)33-12-10-32(11-13-33)26-53-47(67)42-25-36(65)28-64(42)48(68)45(50(2,3)4)58-43(66)29-61-20-22-62(23-21-61)35-16-18-63(19-17-35)40-15-14-34(24-38(40)52)56-49-54-27-37(51)46(59-49)57-39-8-6-7-9-41(39)60(5)71-69/h6-15,24,27,30,35-36,42,45,65,71H,16-23,25-26,28-29H2,1-5H3,(H,53,67)(H,58,66)(H2,54,56,57,59)/t36-,42-,45-/m1/s1. The van der Waals surface area contributed by atoms with Gasteiger partial charge in [-0.2, -0.15) is 4.98 Å². The van der Waals surface area contributed by atoms with Gasteiger partial charge in [-0.1, -0.05) is 68.8 Å². The van der Waals surface area contributed by atoms with Crippen LogP contribution in [0.2, 0.25) is 5.02 Å². The topological polar surface area (TPSA) is 192 Å². The molecule has 3 saturated heterocycles. The van der Waals surface area contributed by atoms with Crippen molar-refractivity contribution in [2.24, 2.45) is 5.41 Å². The zero-order valence-electron chi connectivity index (χ0n) is 40.6. The first-order chi connectivity index (χ1) is 34.0. The van der Waals surface area contributed by atoms with Crippen molar-refractivity contribution >= 4 is 87.0 Å². The number of aliphatic hydroxyl groups is 1. The number of carbonyl (C=O) groups excluding carboxylic acids is 3. The van der Waals surface area contributed by atoms with Gasteiger partial charge in [0.25, 0.3) is 0 Å². The molecule has 5 heterocycles. The van der Waals surface area contributed by atoms with Crippen molar-refractivity contribution in [2.75, 3.05) is 79.2 Å². The number of hydrogen-bond acceptors (Lipinski definition) is 14. The minimum absolute atomic E-state index is 0.00431. The summed E-state index contributed by atoms with van der Waals surface area (Å²) in [6.45, 7) is 12.3. The number of carbonyl (C=O) groups is 3. The van der Waals surface area contributed by atoms with E-state index in [9.17, 15) is 23.7 Å². The molecule has 5 N–H and O–H groups in total. The number of thiazole rings is 1. The number of nitrogens with one attached hydrogen (secondary N) is 4. The van der Waals surface area contributed by atoms with Crippen LogP contribution in [0.1, 0.15) is 51.3 Å². The van der Waals surface area contributed by atoms with Crippen molar-refractivity contribution in [3.05, 3.63) is 101 Å². The number of β-amino-alcohol motifs (C(OH)–C–C–N with tert-alkyl or cyclic N) is 1. The average molecular weight is 1030 g/mol. The molecule has 378 valence electrons. The van der Waals surface area contributed by atoms with Gasteiger partial charge in [-0.3, -0.25) is 28.5 Å². The first kappa shape index (κ1) is 51.6. The number of halogens is 2. The Bertz CT molecular complexity index is 2690. The second-order valence-electron chi connectivity index (χ2n) is 19.4. The van der Waals surface area contributed by atoms with Crippen LogP contribution >= 0.6 is 22.9 Å². The molecular formula is C50H62ClFN12O5S2. The average Bonchev–Trinajstić information content (AvgIpc) is 3.98. The van der Waals surface area contributed by atoms with E-state index in [1.807, 2.05) is 81.7 Å². The van der Waals surface area contributed by atoms with Crippen LogP contribution in [-0.2, 0) is 32.8 Å². The molecule has 0 aliphatic carbocycles. The summed E-state index contributed by atoms with van der Waals surface area (Å²) in [5.74, 6) is -0.836. The van der Waals surface area contributed by atoms with Crippen LogP contribution in [0, 0.1) is 18.2 Å². The molecule has 3 atom stereocenters. The van der Waals surface area contributed by atoms with Crippen molar-refractivity contribution in [1.29, 1.82) is 0 Å². The Hall–Kier alpha value is -5.77. The molecule has 3 aromatic carbocycles. The number of aryl methyl sites for hydroxylation is 1. The number of piperidine rings is 1. The molecule has 3 fully saturated rings. The highest BCUT2D eigenvalue weighted by Crippen LogP contribution is 2.33. The quantitative estimate of drug-likeness (QED) is 0.0644. The molecule has 17 nitrogen and oxygen atoms in total. The summed E-state index contributed by atoms with van der Waals surface area (Å²) in [5.41, 5.74) is 6.39. The minimum Gasteiger partial charge on any atom is -0.391 e. The molecule has 0 unspecified atom stereocenters. The Labute approximate surface area is 426 Å². The van der Waals surface area contributed by atoms with E-state index in [-0.39, 0.29) is 66.5 Å². The van der Waals surface area contributed by atoms with E-state index in [4.69, 9.17) is 11.6 Å². The molecule has 2 aromatic heterocycles. The highest BCUT2D eigenvalue weighted by Gasteiger charge is 2.44. The van der Waals surface area contributed by atoms with E-state index in [0.29, 0.717) is 60.8 Å². The van der Waals surface area contributed by atoms with Gasteiger partial charge in [0, 0.05) is 77.6 Å². The summed E-state index contributed by atoms with van der Waals surface area (Å²) in [5, 5.41) is 23.2. The highest BCUT2D eigenvalue weighted by molar-refractivity contribution is 7.67. The van der Waals surface area contributed by atoms with E-state index < -0.39 is 29.5 Å². The maximum atomic E-state index is 15.7. The molecular weight excluding hydrogens is 967 g/mol. The van der Waals surface area contributed by atoms with Gasteiger partial charge in [-0.15, -0.1) is 11.3 Å². The number of anilines is 6. The zero-order valence-corrected chi connectivity index (χ0v) is 43.0. The number of benzene rings is 3. The number of piperazine rings is 1. The smallest absolute Gasteiger partial charge is 0.246 e. The summed E-state index contributed by atoms with van der Waals surface area (Å²) in [6.07, 6.45) is 2.43. The van der Waals surface area contributed by atoms with Gasteiger partial charge >= 0.3 is 0 Å². The Kier molecular flexibility index (Phi) is 16.5. The summed E-state index contributed by atoms with van der Waals surface area (Å²) in [6, 6.07) is 18.7. The van der Waals surface area contributed by atoms with Crippen LogP contribution in [0.25, 0.3) is 10.4 Å². The van der Waals surface area contributed by atoms with Gasteiger partial charge < -0.3 is 36.2 Å². The minimum atomic E-state index is -0.913. The normalized spacial score (nSPS) is 18.5. The largest absolute Gasteiger partial charge is 0.391 e. The number of hydrogen-bond donors (Lipinski definition) is 6. The number of likely N-dealkylation sites (tertiary alicyclic amines) is 1. The Morgan fingerprint density at radius 2 is 1.72 bits per heavy atom. The lowest BCUT2D eigenvalue weighted by atomic mass is 9.85. The second kappa shape index (κ2) is 22.8. The van der Waals surface area contributed by atoms with E-state index in [0.717, 1.165) is 47.6 Å². The maximum absolute atomic E-state index is 15.7. The molecule has 3 amide bonds. The summed E-state index contributed by atoms with van der Waals surface area (Å²) in [4.78, 5) is 63.7. The number of thiol groups is 1. The first-order valence-electron chi connectivity index (χ1n) is 23.8. The Morgan fingerprint density at radius 3 is 2.39 bits per heavy atom. The van der Waals surface area contributed by atoms with E-state index in [1.165, 1.54) is 21.5 Å². The molecule has 5 aromatic rings. The molecule has 0 saturated carbocycles. The molecule has 0 bridgehead atoms. The molecule has 21 heteroatoms. The van der Waals surface area contributed by atoms with E-state index in [1.54, 1.807) is 30.5 Å². The number of nitrogens with zero attached hydrogens (tertiary/aromatic N) is 8. The predicted molar refractivity (Wildman–Crippen MR) is 279 cm³/mol. The van der Waals surface area contributed by atoms with Crippen molar-refractivity contribution < 1.29 is 28.1 Å². The number of aliphatic hydroxyl groups excluding tert-OH is 1. The molecule has 3 aliphatic rings. The Balaban J connectivity index is 0.787. The van der Waals surface area contributed by atoms with Crippen molar-refractivity contribution in [1.82, 2.24) is 40.3 Å². The molecule has 3 aliphatic heterocycles. The van der Waals surface area contributed by atoms with Gasteiger partial charge in [0.15, 0.2) is 5.82 Å². The third-order valence-electron chi connectivity index (χ3n) is 13.4. The number of rotatable bonds is 16. The van der Waals surface area contributed by atoms with Gasteiger partial charge in [-0.05, 0) is 66.6 Å². The fraction of sp³-hybridized carbons (Fsp3) is 0.440. The summed E-state index contributed by atoms with van der Waals surface area (Å²) >= 11 is 7.83. The van der Waals surface area contributed by atoms with E-state index in [2.05, 4.69) is 50.9 Å². The summed E-state index contributed by atoms with van der Waals surface area (Å²) < 4.78 is 28.8. The first-order valence-corrected chi connectivity index (χ1v) is 25.9. The van der Waals surface area contributed by atoms with Crippen molar-refractivity contribution in [2.45, 2.75) is 77.7 Å². The van der Waals surface area contributed by atoms with Crippen LogP contribution < -0.4 is 30.5 Å². The van der Waals surface area contributed by atoms with Crippen LogP contribution in [0.3, 0.4) is 0 Å². The van der Waals surface area contributed by atoms with E-state index >= 15 is 4.39 Å². The van der Waals surface area contributed by atoms with Crippen LogP contribution in [0.5, 0.6) is 0 Å². The van der Waals surface area contributed by atoms with Crippen molar-refractivity contribution in [3.63, 3.8) is 0 Å². The van der Waals surface area contributed by atoms with Crippen LogP contribution in [-0.4, -0.2) is 140 Å². The van der Waals surface area contributed by atoms with Gasteiger partial charge in [0.1, 0.15) is 34.8 Å². The number of para-hydroxylation sites is 2. The third-order valence-corrected chi connectivity index (χ3v) is 15.1. The highest BCUT2D eigenvalue weighted by atomic mass is 35.5. The molecule has 71 heavy (non-hydrogen) atoms. The van der Waals surface area contributed by atoms with Crippen LogP contribution in [0.15, 0.2) is 78.4 Å². The lowest BCUT2D eigenvalue weighted by Crippen LogP contribution is -2.59.